The minimum absolute atomic E-state index is 0.553. The maximum atomic E-state index is 10.1. The van der Waals surface area contributed by atoms with Crippen LogP contribution >= 0.6 is 0 Å². The van der Waals surface area contributed by atoms with Crippen molar-refractivity contribution in [3.8, 4) is 0 Å². The van der Waals surface area contributed by atoms with E-state index in [1.54, 1.807) is 0 Å². The quantitative estimate of drug-likeness (QED) is 0.873. The number of hydrogen-bond acceptors (Lipinski definition) is 3. The molecule has 2 heterocycles. The number of allylic oxidation sites excluding steroid dienone is 1. The van der Waals surface area contributed by atoms with Gasteiger partial charge in [0.2, 0.25) is 0 Å². The lowest BCUT2D eigenvalue weighted by molar-refractivity contribution is 0.0780. The van der Waals surface area contributed by atoms with E-state index in [-0.39, 0.29) is 0 Å². The Morgan fingerprint density at radius 1 is 1.41 bits per heavy atom. The maximum Gasteiger partial charge on any atom is 0.168 e. The SMILES string of the molecule is CC1CC1c1ccc(C(O)C2=CCCCO2)o1. The third-order valence-corrected chi connectivity index (χ3v) is 3.62. The highest BCUT2D eigenvalue weighted by Gasteiger charge is 2.37. The second-order valence-corrected chi connectivity index (χ2v) is 5.06. The fraction of sp³-hybridized carbons (Fsp3) is 0.571. The van der Waals surface area contributed by atoms with Crippen molar-refractivity contribution in [2.45, 2.75) is 38.2 Å². The molecule has 3 rings (SSSR count). The van der Waals surface area contributed by atoms with Crippen molar-refractivity contribution in [3.63, 3.8) is 0 Å². The molecule has 1 fully saturated rings. The van der Waals surface area contributed by atoms with Crippen LogP contribution in [-0.2, 0) is 4.74 Å². The minimum atomic E-state index is -0.738. The number of furan rings is 1. The summed E-state index contributed by atoms with van der Waals surface area (Å²) < 4.78 is 11.2. The van der Waals surface area contributed by atoms with E-state index in [1.165, 1.54) is 6.42 Å². The number of hydrogen-bond donors (Lipinski definition) is 1. The van der Waals surface area contributed by atoms with Crippen molar-refractivity contribution >= 4 is 0 Å². The third-order valence-electron chi connectivity index (χ3n) is 3.62. The highest BCUT2D eigenvalue weighted by Crippen LogP contribution is 2.47. The van der Waals surface area contributed by atoms with Crippen molar-refractivity contribution in [1.82, 2.24) is 0 Å². The summed E-state index contributed by atoms with van der Waals surface area (Å²) in [4.78, 5) is 0. The Morgan fingerprint density at radius 3 is 2.88 bits per heavy atom. The van der Waals surface area contributed by atoms with Crippen molar-refractivity contribution < 1.29 is 14.3 Å². The molecule has 1 aromatic rings. The molecule has 1 saturated carbocycles. The van der Waals surface area contributed by atoms with Gasteiger partial charge in [-0.05, 0) is 43.4 Å². The molecule has 3 heteroatoms. The normalized spacial score (nSPS) is 29.4. The summed E-state index contributed by atoms with van der Waals surface area (Å²) >= 11 is 0. The van der Waals surface area contributed by atoms with Gasteiger partial charge < -0.3 is 14.3 Å². The average Bonchev–Trinajstić information content (AvgIpc) is 2.92. The van der Waals surface area contributed by atoms with Gasteiger partial charge in [-0.15, -0.1) is 0 Å². The topological polar surface area (TPSA) is 42.6 Å². The van der Waals surface area contributed by atoms with Crippen molar-refractivity contribution in [3.05, 3.63) is 35.5 Å². The zero-order valence-electron chi connectivity index (χ0n) is 10.1. The van der Waals surface area contributed by atoms with E-state index in [1.807, 2.05) is 18.2 Å². The van der Waals surface area contributed by atoms with Crippen LogP contribution in [0.5, 0.6) is 0 Å². The molecule has 1 aliphatic heterocycles. The molecule has 0 bridgehead atoms. The number of aliphatic hydroxyl groups excluding tert-OH is 1. The summed E-state index contributed by atoms with van der Waals surface area (Å²) in [6, 6.07) is 3.85. The van der Waals surface area contributed by atoms with Gasteiger partial charge in [0.15, 0.2) is 6.10 Å². The summed E-state index contributed by atoms with van der Waals surface area (Å²) in [5.74, 6) is 3.52. The van der Waals surface area contributed by atoms with Crippen LogP contribution in [0.2, 0.25) is 0 Å². The van der Waals surface area contributed by atoms with Crippen LogP contribution < -0.4 is 0 Å². The lowest BCUT2D eigenvalue weighted by Crippen LogP contribution is -2.09. The predicted molar refractivity (Wildman–Crippen MR) is 63.5 cm³/mol. The second-order valence-electron chi connectivity index (χ2n) is 5.06. The Hall–Kier alpha value is -1.22. The molecule has 1 N–H and O–H groups in total. The molecule has 1 aromatic heterocycles. The molecular weight excluding hydrogens is 216 g/mol. The first-order chi connectivity index (χ1) is 8.25. The first-order valence-corrected chi connectivity index (χ1v) is 6.36. The van der Waals surface area contributed by atoms with E-state index in [0.29, 0.717) is 24.0 Å². The Kier molecular flexibility index (Phi) is 2.71. The van der Waals surface area contributed by atoms with E-state index in [2.05, 4.69) is 6.92 Å². The van der Waals surface area contributed by atoms with Crippen molar-refractivity contribution in [2.75, 3.05) is 6.61 Å². The predicted octanol–water partition coefficient (Wildman–Crippen LogP) is 3.13. The molecule has 2 aliphatic rings. The standard InChI is InChI=1S/C14H18O3/c1-9-8-10(9)11-5-6-13(17-11)14(15)12-4-2-3-7-16-12/h4-6,9-10,14-15H,2-3,7-8H2,1H3. The minimum Gasteiger partial charge on any atom is -0.495 e. The average molecular weight is 234 g/mol. The molecule has 17 heavy (non-hydrogen) atoms. The Bertz CT molecular complexity index is 432. The van der Waals surface area contributed by atoms with Gasteiger partial charge in [-0.1, -0.05) is 6.92 Å². The fourth-order valence-corrected chi connectivity index (χ4v) is 2.34. The molecule has 1 aliphatic carbocycles. The van der Waals surface area contributed by atoms with E-state index in [0.717, 1.165) is 24.5 Å². The van der Waals surface area contributed by atoms with Crippen LogP contribution in [0.1, 0.15) is 49.7 Å². The molecule has 0 amide bonds. The van der Waals surface area contributed by atoms with Crippen molar-refractivity contribution in [1.29, 1.82) is 0 Å². The van der Waals surface area contributed by atoms with Crippen LogP contribution in [0.4, 0.5) is 0 Å². The molecule has 92 valence electrons. The Morgan fingerprint density at radius 2 is 2.24 bits per heavy atom. The smallest absolute Gasteiger partial charge is 0.168 e. The molecule has 3 nitrogen and oxygen atoms in total. The van der Waals surface area contributed by atoms with Gasteiger partial charge in [-0.3, -0.25) is 0 Å². The van der Waals surface area contributed by atoms with Crippen LogP contribution in [0.25, 0.3) is 0 Å². The number of ether oxygens (including phenoxy) is 1. The highest BCUT2D eigenvalue weighted by atomic mass is 16.5. The van der Waals surface area contributed by atoms with E-state index < -0.39 is 6.10 Å². The lowest BCUT2D eigenvalue weighted by Gasteiger charge is -2.18. The van der Waals surface area contributed by atoms with Gasteiger partial charge >= 0.3 is 0 Å². The third kappa shape index (κ3) is 2.12. The zero-order valence-corrected chi connectivity index (χ0v) is 10.1. The number of rotatable bonds is 3. The van der Waals surface area contributed by atoms with Gasteiger partial charge in [0.1, 0.15) is 17.3 Å². The molecular formula is C14H18O3. The first kappa shape index (κ1) is 10.9. The second kappa shape index (κ2) is 4.22. The van der Waals surface area contributed by atoms with Gasteiger partial charge in [0.05, 0.1) is 6.61 Å². The summed E-state index contributed by atoms with van der Waals surface area (Å²) in [6.07, 6.45) is 4.41. The summed E-state index contributed by atoms with van der Waals surface area (Å²) in [5, 5.41) is 10.1. The first-order valence-electron chi connectivity index (χ1n) is 6.36. The molecule has 3 atom stereocenters. The monoisotopic (exact) mass is 234 g/mol. The van der Waals surface area contributed by atoms with E-state index >= 15 is 0 Å². The van der Waals surface area contributed by atoms with Crippen LogP contribution in [0.3, 0.4) is 0 Å². The van der Waals surface area contributed by atoms with Crippen LogP contribution in [0, 0.1) is 5.92 Å². The summed E-state index contributed by atoms with van der Waals surface area (Å²) in [7, 11) is 0. The molecule has 3 unspecified atom stereocenters. The Labute approximate surface area is 101 Å². The van der Waals surface area contributed by atoms with Gasteiger partial charge in [-0.2, -0.15) is 0 Å². The van der Waals surface area contributed by atoms with Gasteiger partial charge in [0.25, 0.3) is 0 Å². The summed E-state index contributed by atoms with van der Waals surface area (Å²) in [6.45, 7) is 2.91. The Balaban J connectivity index is 1.74. The lowest BCUT2D eigenvalue weighted by atomic mass is 10.1. The zero-order chi connectivity index (χ0) is 11.8. The van der Waals surface area contributed by atoms with Crippen LogP contribution in [-0.4, -0.2) is 11.7 Å². The molecule has 0 saturated heterocycles. The summed E-state index contributed by atoms with van der Waals surface area (Å²) in [5.41, 5.74) is 0. The molecule has 0 aromatic carbocycles. The number of aliphatic hydroxyl groups is 1. The fourth-order valence-electron chi connectivity index (χ4n) is 2.34. The van der Waals surface area contributed by atoms with Crippen LogP contribution in [0.15, 0.2) is 28.4 Å². The maximum absolute atomic E-state index is 10.1. The van der Waals surface area contributed by atoms with E-state index in [9.17, 15) is 5.11 Å². The van der Waals surface area contributed by atoms with Crippen molar-refractivity contribution in [2.24, 2.45) is 5.92 Å². The van der Waals surface area contributed by atoms with E-state index in [4.69, 9.17) is 9.15 Å². The molecule has 0 radical (unpaired) electrons. The largest absolute Gasteiger partial charge is 0.495 e. The molecule has 0 spiro atoms. The highest BCUT2D eigenvalue weighted by molar-refractivity contribution is 5.22. The van der Waals surface area contributed by atoms with Gasteiger partial charge in [-0.25, -0.2) is 0 Å². The van der Waals surface area contributed by atoms with Gasteiger partial charge in [0, 0.05) is 5.92 Å².